The van der Waals surface area contributed by atoms with Gasteiger partial charge in [0.1, 0.15) is 34.6 Å². The minimum atomic E-state index is -0.240. The molecule has 0 unspecified atom stereocenters. The standard InChI is InChI=1S/C36H34Br2O4/c1-35(2,3)31-19-21(17-29(41-31)23-7-11-25(37)12-8-23)15-27-33(39)28(34(27)40)16-22-18-30(24-9-13-26(38)14-10-24)42-32(20-22)36(4,5)6/h7-20,39-40H,1-6H3/b21-15+,22-16+. The van der Waals surface area contributed by atoms with E-state index in [9.17, 15) is 10.2 Å². The second kappa shape index (κ2) is 11.3. The van der Waals surface area contributed by atoms with Gasteiger partial charge in [0, 0.05) is 30.9 Å². The van der Waals surface area contributed by atoms with Gasteiger partial charge in [-0.3, -0.25) is 0 Å². The maximum atomic E-state index is 11.1. The first-order valence-corrected chi connectivity index (χ1v) is 15.3. The average Bonchev–Trinajstić information content (AvgIpc) is 2.94. The second-order valence-corrected chi connectivity index (χ2v) is 14.4. The minimum Gasteiger partial charge on any atom is -0.506 e. The fourth-order valence-corrected chi connectivity index (χ4v) is 5.05. The van der Waals surface area contributed by atoms with E-state index < -0.39 is 0 Å². The maximum absolute atomic E-state index is 11.1. The van der Waals surface area contributed by atoms with E-state index in [1.54, 1.807) is 12.2 Å². The number of halogens is 2. The normalized spacial score (nSPS) is 19.5. The van der Waals surface area contributed by atoms with Gasteiger partial charge in [0.15, 0.2) is 0 Å². The third kappa shape index (κ3) is 6.45. The molecule has 0 amide bonds. The smallest absolute Gasteiger partial charge is 0.137 e. The van der Waals surface area contributed by atoms with Crippen molar-refractivity contribution >= 4 is 43.4 Å². The number of benzene rings is 2. The first kappa shape index (κ1) is 30.0. The van der Waals surface area contributed by atoms with Crippen LogP contribution in [0.4, 0.5) is 0 Å². The van der Waals surface area contributed by atoms with E-state index in [1.165, 1.54) is 0 Å². The van der Waals surface area contributed by atoms with Gasteiger partial charge in [-0.15, -0.1) is 0 Å². The van der Waals surface area contributed by atoms with Crippen LogP contribution in [0.5, 0.6) is 0 Å². The molecule has 2 aromatic rings. The molecule has 0 saturated heterocycles. The summed E-state index contributed by atoms with van der Waals surface area (Å²) >= 11 is 6.98. The highest BCUT2D eigenvalue weighted by Gasteiger charge is 2.30. The summed E-state index contributed by atoms with van der Waals surface area (Å²) in [5, 5.41) is 22.2. The van der Waals surface area contributed by atoms with Crippen LogP contribution in [-0.4, -0.2) is 10.2 Å². The largest absolute Gasteiger partial charge is 0.506 e. The summed E-state index contributed by atoms with van der Waals surface area (Å²) in [4.78, 5) is 0. The highest BCUT2D eigenvalue weighted by atomic mass is 79.9. The maximum Gasteiger partial charge on any atom is 0.137 e. The number of hydrogen-bond acceptors (Lipinski definition) is 4. The quantitative estimate of drug-likeness (QED) is 0.335. The van der Waals surface area contributed by atoms with E-state index in [0.717, 1.165) is 42.7 Å². The number of aliphatic hydroxyl groups excluding tert-OH is 2. The van der Waals surface area contributed by atoms with Crippen LogP contribution in [0.3, 0.4) is 0 Å². The van der Waals surface area contributed by atoms with Crippen LogP contribution in [0.25, 0.3) is 11.5 Å². The molecule has 2 aromatic carbocycles. The van der Waals surface area contributed by atoms with Crippen molar-refractivity contribution in [3.05, 3.63) is 150 Å². The van der Waals surface area contributed by atoms with Crippen molar-refractivity contribution in [3.63, 3.8) is 0 Å². The Bertz CT molecular complexity index is 1540. The zero-order chi connectivity index (χ0) is 30.4. The fourth-order valence-electron chi connectivity index (χ4n) is 4.52. The number of hydrogen-bond donors (Lipinski definition) is 2. The Kier molecular flexibility index (Phi) is 8.08. The molecule has 4 nitrogen and oxygen atoms in total. The molecule has 0 aromatic heterocycles. The van der Waals surface area contributed by atoms with E-state index in [2.05, 4.69) is 73.4 Å². The molecule has 0 atom stereocenters. The Hall–Kier alpha value is -3.48. The van der Waals surface area contributed by atoms with Gasteiger partial charge < -0.3 is 19.7 Å². The SMILES string of the molecule is CC(C)(C)C1=C/C(=C/C2=C(O)C(/C=C3\C=C(c4ccc(Br)cc4)OC(C(C)(C)C)=C3)=C2O)C=C(c2ccc(Br)cc2)O1. The second-order valence-electron chi connectivity index (χ2n) is 12.6. The minimum absolute atomic E-state index is 0.0408. The third-order valence-corrected chi connectivity index (χ3v) is 8.07. The zero-order valence-electron chi connectivity index (χ0n) is 24.5. The van der Waals surface area contributed by atoms with Gasteiger partial charge in [-0.05, 0) is 71.9 Å². The van der Waals surface area contributed by atoms with Crippen LogP contribution in [0.1, 0.15) is 52.7 Å². The van der Waals surface area contributed by atoms with E-state index >= 15 is 0 Å². The predicted molar refractivity (Wildman–Crippen MR) is 177 cm³/mol. The molecule has 216 valence electrons. The van der Waals surface area contributed by atoms with Gasteiger partial charge in [-0.25, -0.2) is 0 Å². The Labute approximate surface area is 264 Å². The number of rotatable bonds is 4. The molecule has 0 fully saturated rings. The monoisotopic (exact) mass is 688 g/mol. The van der Waals surface area contributed by atoms with Crippen molar-refractivity contribution in [1.82, 2.24) is 0 Å². The van der Waals surface area contributed by atoms with Gasteiger partial charge in [0.2, 0.25) is 0 Å². The number of aliphatic hydroxyl groups is 2. The molecule has 0 spiro atoms. The van der Waals surface area contributed by atoms with Crippen molar-refractivity contribution in [3.8, 4) is 0 Å². The van der Waals surface area contributed by atoms with Crippen molar-refractivity contribution in [2.45, 2.75) is 41.5 Å². The first-order valence-electron chi connectivity index (χ1n) is 13.7. The molecule has 0 bridgehead atoms. The zero-order valence-corrected chi connectivity index (χ0v) is 27.7. The molecule has 1 aliphatic carbocycles. The first-order chi connectivity index (χ1) is 19.7. The van der Waals surface area contributed by atoms with E-state index in [-0.39, 0.29) is 22.3 Å². The Morgan fingerprint density at radius 2 is 0.881 bits per heavy atom. The van der Waals surface area contributed by atoms with Gasteiger partial charge in [0.25, 0.3) is 0 Å². The lowest BCUT2D eigenvalue weighted by molar-refractivity contribution is 0.262. The Balaban J connectivity index is 1.50. The molecule has 0 saturated carbocycles. The van der Waals surface area contributed by atoms with Crippen LogP contribution in [0.2, 0.25) is 0 Å². The molecular formula is C36H34Br2O4. The van der Waals surface area contributed by atoms with Crippen LogP contribution in [-0.2, 0) is 9.47 Å². The van der Waals surface area contributed by atoms with Gasteiger partial charge in [-0.1, -0.05) is 97.7 Å². The van der Waals surface area contributed by atoms with Crippen LogP contribution >= 0.6 is 31.9 Å². The Morgan fingerprint density at radius 3 is 1.19 bits per heavy atom. The predicted octanol–water partition coefficient (Wildman–Crippen LogP) is 11.0. The lowest BCUT2D eigenvalue weighted by Gasteiger charge is -2.29. The van der Waals surface area contributed by atoms with Crippen molar-refractivity contribution in [1.29, 1.82) is 0 Å². The lowest BCUT2D eigenvalue weighted by atomic mass is 9.86. The van der Waals surface area contributed by atoms with Gasteiger partial charge >= 0.3 is 0 Å². The molecule has 0 radical (unpaired) electrons. The van der Waals surface area contributed by atoms with Crippen LogP contribution in [0, 0.1) is 10.8 Å². The lowest BCUT2D eigenvalue weighted by Crippen LogP contribution is -2.16. The summed E-state index contributed by atoms with van der Waals surface area (Å²) < 4.78 is 14.5. The fraction of sp³-hybridized carbons (Fsp3) is 0.222. The molecule has 42 heavy (non-hydrogen) atoms. The molecule has 2 heterocycles. The van der Waals surface area contributed by atoms with Crippen LogP contribution in [0.15, 0.2) is 139 Å². The summed E-state index contributed by atoms with van der Waals surface area (Å²) in [6, 6.07) is 15.8. The topological polar surface area (TPSA) is 58.9 Å². The van der Waals surface area contributed by atoms with Crippen molar-refractivity contribution in [2.75, 3.05) is 0 Å². The molecule has 3 aliphatic rings. The van der Waals surface area contributed by atoms with E-state index in [4.69, 9.17) is 9.47 Å². The molecule has 6 heteroatoms. The third-order valence-electron chi connectivity index (χ3n) is 7.01. The average molecular weight is 690 g/mol. The van der Waals surface area contributed by atoms with E-state index in [0.29, 0.717) is 22.7 Å². The summed E-state index contributed by atoms with van der Waals surface area (Å²) in [6.07, 6.45) is 11.3. The summed E-state index contributed by atoms with van der Waals surface area (Å²) in [6.45, 7) is 12.5. The van der Waals surface area contributed by atoms with Gasteiger partial charge in [-0.2, -0.15) is 0 Å². The summed E-state index contributed by atoms with van der Waals surface area (Å²) in [5.41, 5.74) is 3.81. The summed E-state index contributed by atoms with van der Waals surface area (Å²) in [5.74, 6) is 3.09. The molecule has 2 aliphatic heterocycles. The molecule has 5 rings (SSSR count). The summed E-state index contributed by atoms with van der Waals surface area (Å²) in [7, 11) is 0. The Morgan fingerprint density at radius 1 is 0.548 bits per heavy atom. The van der Waals surface area contributed by atoms with Gasteiger partial charge in [0.05, 0.1) is 11.1 Å². The van der Waals surface area contributed by atoms with E-state index in [1.807, 2.05) is 72.8 Å². The highest BCUT2D eigenvalue weighted by molar-refractivity contribution is 9.10. The van der Waals surface area contributed by atoms with Crippen molar-refractivity contribution in [2.24, 2.45) is 10.8 Å². The number of allylic oxidation sites excluding steroid dienone is 10. The van der Waals surface area contributed by atoms with Crippen molar-refractivity contribution < 1.29 is 19.7 Å². The molecular weight excluding hydrogens is 656 g/mol. The highest BCUT2D eigenvalue weighted by Crippen LogP contribution is 2.41. The molecule has 2 N–H and O–H groups in total. The number of ether oxygens (including phenoxy) is 2. The van der Waals surface area contributed by atoms with Crippen LogP contribution < -0.4 is 0 Å².